The Balaban J connectivity index is 1.66. The first kappa shape index (κ1) is 25.0. The van der Waals surface area contributed by atoms with Gasteiger partial charge in [0.15, 0.2) is 5.76 Å². The molecule has 3 amide bonds. The highest BCUT2D eigenvalue weighted by Crippen LogP contribution is 2.30. The normalized spacial score (nSPS) is 14.1. The van der Waals surface area contributed by atoms with Crippen molar-refractivity contribution in [1.82, 2.24) is 10.6 Å². The van der Waals surface area contributed by atoms with Gasteiger partial charge in [-0.3, -0.25) is 19.3 Å². The maximum atomic E-state index is 13.7. The molecular weight excluding hydrogens is 458 g/mol. The van der Waals surface area contributed by atoms with Crippen LogP contribution in [0.4, 0.5) is 5.69 Å². The highest BCUT2D eigenvalue weighted by molar-refractivity contribution is 6.04. The van der Waals surface area contributed by atoms with Crippen LogP contribution < -0.4 is 20.3 Å². The maximum absolute atomic E-state index is 13.7. The number of nitrogens with one attached hydrogen (secondary N) is 2. The molecule has 1 atom stereocenters. The van der Waals surface area contributed by atoms with E-state index < -0.39 is 17.9 Å². The Morgan fingerprint density at radius 1 is 1.00 bits per heavy atom. The van der Waals surface area contributed by atoms with E-state index in [0.717, 1.165) is 25.7 Å². The lowest BCUT2D eigenvalue weighted by atomic mass is 10.0. The van der Waals surface area contributed by atoms with E-state index in [0.29, 0.717) is 23.6 Å². The van der Waals surface area contributed by atoms with E-state index in [1.165, 1.54) is 17.2 Å². The van der Waals surface area contributed by atoms with Gasteiger partial charge in [0.2, 0.25) is 11.8 Å². The average molecular weight is 490 g/mol. The Morgan fingerprint density at radius 2 is 1.72 bits per heavy atom. The van der Waals surface area contributed by atoms with Crippen LogP contribution >= 0.6 is 0 Å². The lowest BCUT2D eigenvalue weighted by molar-refractivity contribution is -0.126. The molecule has 1 heterocycles. The second-order valence-electron chi connectivity index (χ2n) is 8.65. The van der Waals surface area contributed by atoms with Gasteiger partial charge in [0.25, 0.3) is 5.91 Å². The predicted octanol–water partition coefficient (Wildman–Crippen LogP) is 4.24. The summed E-state index contributed by atoms with van der Waals surface area (Å²) in [7, 11) is 0. The number of carbonyl (C=O) groups excluding carboxylic acids is 3. The molecule has 1 unspecified atom stereocenters. The average Bonchev–Trinajstić information content (AvgIpc) is 3.62. The summed E-state index contributed by atoms with van der Waals surface area (Å²) in [6.45, 7) is 2.09. The van der Waals surface area contributed by atoms with Crippen molar-refractivity contribution in [2.45, 2.75) is 44.7 Å². The van der Waals surface area contributed by atoms with Crippen LogP contribution in [0.1, 0.15) is 54.8 Å². The van der Waals surface area contributed by atoms with Crippen LogP contribution in [-0.2, 0) is 9.59 Å². The number of rotatable bonds is 10. The molecule has 1 aromatic heterocycles. The van der Waals surface area contributed by atoms with Crippen molar-refractivity contribution in [1.29, 1.82) is 0 Å². The summed E-state index contributed by atoms with van der Waals surface area (Å²) in [5, 5.41) is 5.75. The molecule has 1 fully saturated rings. The number of anilines is 1. The zero-order chi connectivity index (χ0) is 25.3. The van der Waals surface area contributed by atoms with E-state index in [4.69, 9.17) is 9.15 Å². The van der Waals surface area contributed by atoms with E-state index in [1.807, 2.05) is 37.3 Å². The summed E-state index contributed by atoms with van der Waals surface area (Å²) in [4.78, 5) is 41.2. The number of furan rings is 1. The topological polar surface area (TPSA) is 101 Å². The molecule has 4 rings (SSSR count). The minimum absolute atomic E-state index is 0.0830. The molecular formula is C28H31N3O5. The molecule has 36 heavy (non-hydrogen) atoms. The van der Waals surface area contributed by atoms with Crippen LogP contribution in [0.3, 0.4) is 0 Å². The highest BCUT2D eigenvalue weighted by atomic mass is 16.5. The summed E-state index contributed by atoms with van der Waals surface area (Å²) < 4.78 is 10.7. The lowest BCUT2D eigenvalue weighted by Gasteiger charge is -2.32. The maximum Gasteiger partial charge on any atom is 0.287 e. The van der Waals surface area contributed by atoms with Crippen molar-refractivity contribution in [2.24, 2.45) is 0 Å². The molecule has 0 saturated heterocycles. The number of amides is 3. The van der Waals surface area contributed by atoms with E-state index in [-0.39, 0.29) is 24.3 Å². The van der Waals surface area contributed by atoms with Crippen molar-refractivity contribution in [2.75, 3.05) is 18.1 Å². The van der Waals surface area contributed by atoms with Crippen LogP contribution in [0.15, 0.2) is 77.4 Å². The van der Waals surface area contributed by atoms with Crippen molar-refractivity contribution < 1.29 is 23.5 Å². The SMILES string of the molecule is CCOc1ccc(N(C(=O)CNC(=O)c2ccco2)C(C(=O)NC2CCCC2)c2ccccc2)cc1. The second kappa shape index (κ2) is 12.1. The quantitative estimate of drug-likeness (QED) is 0.444. The van der Waals surface area contributed by atoms with Gasteiger partial charge in [0.05, 0.1) is 19.4 Å². The van der Waals surface area contributed by atoms with Crippen LogP contribution in [0.25, 0.3) is 0 Å². The standard InChI is InChI=1S/C28H31N3O5/c1-2-35-23-16-14-22(15-17-23)31(25(32)19-29-27(33)24-13-8-18-36-24)26(20-9-4-3-5-10-20)28(34)30-21-11-6-7-12-21/h3-5,8-10,13-18,21,26H,2,6-7,11-12,19H2,1H3,(H,29,33)(H,30,34). The van der Waals surface area contributed by atoms with E-state index in [2.05, 4.69) is 10.6 Å². The number of hydrogen-bond donors (Lipinski definition) is 2. The summed E-state index contributed by atoms with van der Waals surface area (Å²) in [5.74, 6) is -0.436. The van der Waals surface area contributed by atoms with Crippen LogP contribution in [-0.4, -0.2) is 36.9 Å². The predicted molar refractivity (Wildman–Crippen MR) is 136 cm³/mol. The van der Waals surface area contributed by atoms with Gasteiger partial charge in [0.1, 0.15) is 11.8 Å². The Bertz CT molecular complexity index is 1140. The third kappa shape index (κ3) is 6.13. The molecule has 0 aliphatic heterocycles. The zero-order valence-corrected chi connectivity index (χ0v) is 20.3. The van der Waals surface area contributed by atoms with E-state index >= 15 is 0 Å². The van der Waals surface area contributed by atoms with Gasteiger partial charge in [-0.15, -0.1) is 0 Å². The van der Waals surface area contributed by atoms with Crippen LogP contribution in [0, 0.1) is 0 Å². The number of nitrogens with zero attached hydrogens (tertiary/aromatic N) is 1. The van der Waals surface area contributed by atoms with Crippen LogP contribution in [0.5, 0.6) is 5.75 Å². The molecule has 0 bridgehead atoms. The molecule has 0 radical (unpaired) electrons. The second-order valence-corrected chi connectivity index (χ2v) is 8.65. The Labute approximate surface area is 210 Å². The van der Waals surface area contributed by atoms with Gasteiger partial charge in [-0.2, -0.15) is 0 Å². The number of hydrogen-bond acceptors (Lipinski definition) is 5. The molecule has 1 aliphatic rings. The Morgan fingerprint density at radius 3 is 2.36 bits per heavy atom. The largest absolute Gasteiger partial charge is 0.494 e. The van der Waals surface area contributed by atoms with Gasteiger partial charge >= 0.3 is 0 Å². The summed E-state index contributed by atoms with van der Waals surface area (Å²) >= 11 is 0. The fraction of sp³-hybridized carbons (Fsp3) is 0.321. The van der Waals surface area contributed by atoms with E-state index in [9.17, 15) is 14.4 Å². The molecule has 0 spiro atoms. The molecule has 8 heteroatoms. The monoisotopic (exact) mass is 489 g/mol. The summed E-state index contributed by atoms with van der Waals surface area (Å²) in [5.41, 5.74) is 1.19. The molecule has 188 valence electrons. The first-order valence-electron chi connectivity index (χ1n) is 12.3. The molecule has 2 aromatic carbocycles. The van der Waals surface area contributed by atoms with Gasteiger partial charge in [-0.05, 0) is 61.7 Å². The molecule has 8 nitrogen and oxygen atoms in total. The third-order valence-electron chi connectivity index (χ3n) is 6.16. The molecule has 3 aromatic rings. The third-order valence-corrected chi connectivity index (χ3v) is 6.16. The lowest BCUT2D eigenvalue weighted by Crippen LogP contribution is -2.49. The minimum atomic E-state index is -0.919. The fourth-order valence-corrected chi connectivity index (χ4v) is 4.45. The fourth-order valence-electron chi connectivity index (χ4n) is 4.45. The van der Waals surface area contributed by atoms with Gasteiger partial charge in [0, 0.05) is 11.7 Å². The Hall–Kier alpha value is -4.07. The molecule has 1 saturated carbocycles. The molecule has 1 aliphatic carbocycles. The number of carbonyl (C=O) groups is 3. The first-order chi connectivity index (χ1) is 17.6. The van der Waals surface area contributed by atoms with Crippen LogP contribution in [0.2, 0.25) is 0 Å². The van der Waals surface area contributed by atoms with Gasteiger partial charge < -0.3 is 19.8 Å². The van der Waals surface area contributed by atoms with Crippen molar-refractivity contribution >= 4 is 23.4 Å². The smallest absolute Gasteiger partial charge is 0.287 e. The van der Waals surface area contributed by atoms with Gasteiger partial charge in [-0.25, -0.2) is 0 Å². The van der Waals surface area contributed by atoms with Crippen molar-refractivity contribution in [3.05, 3.63) is 84.3 Å². The highest BCUT2D eigenvalue weighted by Gasteiger charge is 2.34. The summed E-state index contributed by atoms with van der Waals surface area (Å²) in [6.07, 6.45) is 5.37. The van der Waals surface area contributed by atoms with Crippen molar-refractivity contribution in [3.63, 3.8) is 0 Å². The zero-order valence-electron chi connectivity index (χ0n) is 20.3. The number of benzene rings is 2. The molecule has 2 N–H and O–H groups in total. The summed E-state index contributed by atoms with van der Waals surface area (Å²) in [6, 6.07) is 18.5. The number of ether oxygens (including phenoxy) is 1. The first-order valence-corrected chi connectivity index (χ1v) is 12.3. The Kier molecular flexibility index (Phi) is 8.39. The minimum Gasteiger partial charge on any atom is -0.494 e. The van der Waals surface area contributed by atoms with Crippen molar-refractivity contribution in [3.8, 4) is 5.75 Å². The van der Waals surface area contributed by atoms with E-state index in [1.54, 1.807) is 30.3 Å². The van der Waals surface area contributed by atoms with Gasteiger partial charge in [-0.1, -0.05) is 43.2 Å².